The van der Waals surface area contributed by atoms with E-state index in [-0.39, 0.29) is 103 Å². The van der Waals surface area contributed by atoms with Gasteiger partial charge in [-0.15, -0.1) is 52.7 Å². The first-order chi connectivity index (χ1) is 64.5. The molecule has 0 radical (unpaired) electrons. The molecule has 0 aliphatic heterocycles. The van der Waals surface area contributed by atoms with Gasteiger partial charge in [0.1, 0.15) is 109 Å². The second kappa shape index (κ2) is 43.3. The monoisotopic (exact) mass is 1980 g/mol. The van der Waals surface area contributed by atoms with Crippen molar-refractivity contribution in [3.63, 3.8) is 0 Å². The Bertz CT molecular complexity index is 6570. The Morgan fingerprint density at radius 3 is 1.04 bits per heavy atom. The maximum absolute atomic E-state index is 15.4. The van der Waals surface area contributed by atoms with Crippen molar-refractivity contribution in [2.24, 2.45) is 11.5 Å². The highest BCUT2D eigenvalue weighted by Crippen LogP contribution is 2.47. The van der Waals surface area contributed by atoms with Gasteiger partial charge in [-0.1, -0.05) is 24.2 Å². The summed E-state index contributed by atoms with van der Waals surface area (Å²) in [6.45, 7) is 6.02. The van der Waals surface area contributed by atoms with Gasteiger partial charge in [0.2, 0.25) is 0 Å². The molecule has 8 aromatic carbocycles. The van der Waals surface area contributed by atoms with E-state index < -0.39 is 176 Å². The molecular formula is C89H59ClF22N10O16. The van der Waals surface area contributed by atoms with Crippen LogP contribution in [0, 0.1) is 23.3 Å². The number of methoxy groups -OCH3 is 1. The number of carbonyl (C=O) groups excluding carboxylic acids is 7. The molecule has 1 fully saturated rings. The van der Waals surface area contributed by atoms with Crippen LogP contribution in [-0.4, -0.2) is 93.6 Å². The van der Waals surface area contributed by atoms with Crippen LogP contribution in [0.3, 0.4) is 0 Å². The molecule has 1 aliphatic rings. The first-order valence-electron chi connectivity index (χ1n) is 38.2. The summed E-state index contributed by atoms with van der Waals surface area (Å²) in [7, 11) is 1.04. The number of halogens is 23. The number of rotatable bonds is 26. The Balaban J connectivity index is 0.000000190. The standard InChI is InChI=1S/C24H19F4N3O3.C23H15F7N2O5.C22H13F7N2O4.C20H12ClF4N3O4/c1-13(29)19-12-15(10-11-30-19)31-23(32)21-20(9-8-18(22(21)25)14-2-3-14)33-16-4-6-17(7-5-16)34-24(26,27)28;1-11(33)17-7-12(5-6-31-17)32-21(34)14-9-16(24)15(22(25,26)27)10-19(14)36-18-4-3-13(8-20(18)35-2)37-23(28,29)30;1-11(32)18-8-12(6-7-30-18)31-20(33)15-9-17(23)16(21(24,25)26)10-19(15)34-13-2-4-14(5-3-13)35-22(27,28)29;21-13-5-6-15(31-11-1-3-12(4-2-11)32-20(23,24)25)16(17(13)22)19(30)28-10-7-8-27-14(9-10)18(26)29/h4-12,14H,1-3,29H2,(H,30,31,32);3-10H,1-2H3,(H,31,32,34);2-10H,1H3,(H,30,31,33);1-9H,(H2,26,29)(H,27,28,30). The van der Waals surface area contributed by atoms with Crippen molar-refractivity contribution in [3.8, 4) is 74.7 Å². The van der Waals surface area contributed by atoms with Crippen molar-refractivity contribution in [1.29, 1.82) is 0 Å². The summed E-state index contributed by atoms with van der Waals surface area (Å²) in [5, 5.41) is 9.19. The summed E-state index contributed by atoms with van der Waals surface area (Å²) < 4.78 is 328. The van der Waals surface area contributed by atoms with Crippen LogP contribution in [0.15, 0.2) is 219 Å². The first kappa shape index (κ1) is 104. The SMILES string of the molecule is C=C(N)c1cc(NC(=O)c2c(Oc3ccc(OC(F)(F)F)cc3)ccc(C3CC3)c2F)ccn1.CC(=O)c1cc(NC(=O)c2cc(F)c(C(F)(F)F)cc2Oc2ccc(OC(F)(F)F)cc2)ccn1.COc1cc(OC(F)(F)F)ccc1Oc1cc(C(F)(F)F)c(F)cc1C(=O)Nc1ccnc(C(C)=O)c1.NC(=O)c1cc(NC(=O)c2c(Oc3ccc(OC(F)(F)F)cc3)ccc(Cl)c2F)ccn1. The maximum atomic E-state index is 15.4. The summed E-state index contributed by atoms with van der Waals surface area (Å²) in [5.41, 5.74) is 6.25. The quantitative estimate of drug-likeness (QED) is 0.0217. The van der Waals surface area contributed by atoms with Crippen LogP contribution < -0.4 is 75.4 Å². The van der Waals surface area contributed by atoms with Crippen molar-refractivity contribution < 1.29 is 173 Å². The number of ketones is 2. The van der Waals surface area contributed by atoms with Gasteiger partial charge in [0.05, 0.1) is 45.8 Å². The lowest BCUT2D eigenvalue weighted by atomic mass is 10.0. The van der Waals surface area contributed by atoms with E-state index >= 15 is 4.39 Å². The Morgan fingerprint density at radius 1 is 0.362 bits per heavy atom. The molecule has 1 aliphatic carbocycles. The minimum Gasteiger partial charge on any atom is -0.493 e. The van der Waals surface area contributed by atoms with Crippen molar-refractivity contribution in [2.75, 3.05) is 28.4 Å². The molecule has 722 valence electrons. The molecule has 4 aromatic heterocycles. The second-order valence-corrected chi connectivity index (χ2v) is 28.3. The zero-order chi connectivity index (χ0) is 101. The largest absolute Gasteiger partial charge is 0.573 e. The smallest absolute Gasteiger partial charge is 0.493 e. The number of aromatic nitrogens is 4. The average Bonchev–Trinajstić information content (AvgIpc) is 1.27. The van der Waals surface area contributed by atoms with E-state index in [1.807, 2.05) is 0 Å². The maximum Gasteiger partial charge on any atom is 0.573 e. The van der Waals surface area contributed by atoms with Crippen molar-refractivity contribution in [1.82, 2.24) is 19.9 Å². The third kappa shape index (κ3) is 29.8. The molecule has 1 saturated carbocycles. The lowest BCUT2D eigenvalue weighted by Gasteiger charge is -2.17. The summed E-state index contributed by atoms with van der Waals surface area (Å²) in [6.07, 6.45) is -23.4. The molecule has 26 nitrogen and oxygen atoms in total. The number of carbonyl (C=O) groups is 7. The number of nitrogens with two attached hydrogens (primary N) is 2. The number of pyridine rings is 4. The molecule has 8 N–H and O–H groups in total. The van der Waals surface area contributed by atoms with Gasteiger partial charge in [-0.25, -0.2) is 17.6 Å². The van der Waals surface area contributed by atoms with E-state index in [2.05, 4.69) is 66.7 Å². The number of alkyl halides is 18. The summed E-state index contributed by atoms with van der Waals surface area (Å²) in [5.74, 6) is -16.2. The molecule has 0 unspecified atom stereocenters. The number of hydrogen-bond acceptors (Lipinski definition) is 21. The van der Waals surface area contributed by atoms with Gasteiger partial charge >= 0.3 is 37.8 Å². The molecule has 138 heavy (non-hydrogen) atoms. The molecule has 13 rings (SSSR count). The molecule has 0 saturated heterocycles. The number of Topliss-reactive ketones (excluding diaryl/α,β-unsaturated/α-hetero) is 2. The van der Waals surface area contributed by atoms with Crippen LogP contribution in [0.4, 0.5) is 119 Å². The minimum absolute atomic E-state index is 0.00442. The molecule has 12 aromatic rings. The predicted molar refractivity (Wildman–Crippen MR) is 442 cm³/mol. The number of nitrogens with one attached hydrogen (secondary N) is 4. The highest BCUT2D eigenvalue weighted by Gasteiger charge is 2.41. The van der Waals surface area contributed by atoms with Crippen LogP contribution >= 0.6 is 11.6 Å². The number of ether oxygens (including phenoxy) is 9. The predicted octanol–water partition coefficient (Wildman–Crippen LogP) is 23.7. The third-order valence-electron chi connectivity index (χ3n) is 17.7. The Morgan fingerprint density at radius 2 is 0.681 bits per heavy atom. The zero-order valence-electron chi connectivity index (χ0n) is 69.6. The fourth-order valence-corrected chi connectivity index (χ4v) is 11.7. The van der Waals surface area contributed by atoms with Gasteiger partial charge in [-0.2, -0.15) is 26.3 Å². The van der Waals surface area contributed by atoms with Crippen molar-refractivity contribution in [2.45, 2.75) is 70.4 Å². The number of anilines is 4. The zero-order valence-corrected chi connectivity index (χ0v) is 70.3. The van der Waals surface area contributed by atoms with Gasteiger partial charge < -0.3 is 75.4 Å². The van der Waals surface area contributed by atoms with E-state index in [9.17, 15) is 126 Å². The number of hydrogen-bond donors (Lipinski definition) is 6. The summed E-state index contributed by atoms with van der Waals surface area (Å²) >= 11 is 5.78. The molecule has 0 spiro atoms. The fraction of sp³-hybridized carbons (Fsp3) is 0.135. The lowest BCUT2D eigenvalue weighted by Crippen LogP contribution is -2.17. The van der Waals surface area contributed by atoms with Gasteiger partial charge in [-0.05, 0) is 200 Å². The first-order valence-corrected chi connectivity index (χ1v) is 38.6. The minimum atomic E-state index is -5.17. The van der Waals surface area contributed by atoms with Crippen LogP contribution in [0.2, 0.25) is 5.02 Å². The Hall–Kier alpha value is -16.5. The fourth-order valence-electron chi connectivity index (χ4n) is 11.5. The number of primary amides is 1. The van der Waals surface area contributed by atoms with E-state index in [0.29, 0.717) is 23.0 Å². The van der Waals surface area contributed by atoms with Gasteiger partial charge in [0.15, 0.2) is 28.9 Å². The Labute approximate surface area is 765 Å². The topological polar surface area (TPSA) is 354 Å². The normalized spacial score (nSPS) is 11.9. The van der Waals surface area contributed by atoms with E-state index in [4.69, 9.17) is 46.8 Å². The average molecular weight is 1980 g/mol. The van der Waals surface area contributed by atoms with Crippen LogP contribution in [-0.2, 0) is 12.4 Å². The van der Waals surface area contributed by atoms with Crippen molar-refractivity contribution in [3.05, 3.63) is 309 Å². The molecule has 49 heteroatoms. The lowest BCUT2D eigenvalue weighted by molar-refractivity contribution is -0.275. The Kier molecular flexibility index (Phi) is 32.5. The molecule has 0 atom stereocenters. The van der Waals surface area contributed by atoms with Crippen LogP contribution in [0.25, 0.3) is 5.70 Å². The molecule has 5 amide bonds. The highest BCUT2D eigenvalue weighted by molar-refractivity contribution is 6.31. The van der Waals surface area contributed by atoms with Gasteiger partial charge in [0.25, 0.3) is 29.5 Å². The van der Waals surface area contributed by atoms with Crippen molar-refractivity contribution >= 4 is 81.1 Å². The van der Waals surface area contributed by atoms with E-state index in [1.165, 1.54) is 111 Å². The number of amides is 5. The van der Waals surface area contributed by atoms with E-state index in [0.717, 1.165) is 105 Å². The van der Waals surface area contributed by atoms with E-state index in [1.54, 1.807) is 6.07 Å². The summed E-state index contributed by atoms with van der Waals surface area (Å²) in [4.78, 5) is 101. The third-order valence-corrected chi connectivity index (χ3v) is 18.0. The van der Waals surface area contributed by atoms with Gasteiger partial charge in [-0.3, -0.25) is 53.5 Å². The highest BCUT2D eigenvalue weighted by atomic mass is 35.5. The number of benzene rings is 8. The number of nitrogens with zero attached hydrogens (tertiary/aromatic N) is 4. The molecular weight excluding hydrogens is 1920 g/mol. The molecule has 0 bridgehead atoms. The molecule has 4 heterocycles. The van der Waals surface area contributed by atoms with Gasteiger partial charge in [0, 0.05) is 67.5 Å². The van der Waals surface area contributed by atoms with Crippen LogP contribution in [0.1, 0.15) is 128 Å². The van der Waals surface area contributed by atoms with Crippen LogP contribution in [0.5, 0.6) is 74.7 Å². The second-order valence-electron chi connectivity index (χ2n) is 27.9. The summed E-state index contributed by atoms with van der Waals surface area (Å²) in [6, 6.07) is 31.6.